The number of nitrogens with zero attached hydrogens (tertiary/aromatic N) is 1. The van der Waals surface area contributed by atoms with E-state index in [1.165, 1.54) is 6.20 Å². The largest absolute Gasteiger partial charge is 0.663 e. The molecule has 0 unspecified atom stereocenters. The maximum atomic E-state index is 11.7. The quantitative estimate of drug-likeness (QED) is 0.862. The third-order valence-electron chi connectivity index (χ3n) is 2.11. The molecule has 0 bridgehead atoms. The van der Waals surface area contributed by atoms with Crippen LogP contribution in [0.5, 0.6) is 0 Å². The number of aromatic amines is 1. The molecule has 1 radical (unpaired) electrons. The van der Waals surface area contributed by atoms with Gasteiger partial charge in [-0.2, -0.15) is 0 Å². The number of hydrogen-bond acceptors (Lipinski definition) is 3. The van der Waals surface area contributed by atoms with E-state index < -0.39 is 11.3 Å². The van der Waals surface area contributed by atoms with Crippen LogP contribution in [-0.4, -0.2) is 15.9 Å². The van der Waals surface area contributed by atoms with Gasteiger partial charge in [0.25, 0.3) is 0 Å². The summed E-state index contributed by atoms with van der Waals surface area (Å²) in [6.45, 7) is 1.76. The number of pyridine rings is 2. The van der Waals surface area contributed by atoms with E-state index in [0.29, 0.717) is 11.2 Å². The number of hydrogen-bond donors (Lipinski definition) is 1. The van der Waals surface area contributed by atoms with Crippen LogP contribution in [0.1, 0.15) is 16.1 Å². The number of fused-ring (bicyclic) bond motifs is 1. The van der Waals surface area contributed by atoms with Crippen LogP contribution in [0.25, 0.3) is 16.8 Å². The Kier molecular flexibility index (Phi) is 3.94. The molecule has 2 aromatic heterocycles. The van der Waals surface area contributed by atoms with Crippen molar-refractivity contribution in [1.29, 1.82) is 0 Å². The van der Waals surface area contributed by atoms with Crippen molar-refractivity contribution < 1.29 is 37.5 Å². The van der Waals surface area contributed by atoms with Gasteiger partial charge in [0.05, 0.1) is 17.0 Å². The SMILES string of the molecule is Cc1ccc2[nH]cc(C([NH-])=O)c(=O)c2n1.[Y]. The molecule has 2 heterocycles. The van der Waals surface area contributed by atoms with Gasteiger partial charge in [0.2, 0.25) is 5.43 Å². The molecular formula is C10H8N3O2Y-. The minimum Gasteiger partial charge on any atom is -0.663 e. The Labute approximate surface area is 116 Å². The van der Waals surface area contributed by atoms with Crippen LogP contribution < -0.4 is 5.43 Å². The summed E-state index contributed by atoms with van der Waals surface area (Å²) in [6, 6.07) is 3.48. The Morgan fingerprint density at radius 3 is 2.75 bits per heavy atom. The third-order valence-corrected chi connectivity index (χ3v) is 2.11. The zero-order chi connectivity index (χ0) is 11.0. The van der Waals surface area contributed by atoms with E-state index in [1.54, 1.807) is 19.1 Å². The maximum absolute atomic E-state index is 11.7. The van der Waals surface area contributed by atoms with E-state index in [2.05, 4.69) is 9.97 Å². The van der Waals surface area contributed by atoms with Gasteiger partial charge in [-0.15, -0.1) is 0 Å². The monoisotopic (exact) mass is 291 g/mol. The van der Waals surface area contributed by atoms with Gasteiger partial charge < -0.3 is 15.5 Å². The van der Waals surface area contributed by atoms with Crippen LogP contribution >= 0.6 is 0 Å². The topological polar surface area (TPSA) is 86.6 Å². The smallest absolute Gasteiger partial charge is 0.216 e. The summed E-state index contributed by atoms with van der Waals surface area (Å²) in [6.07, 6.45) is 1.25. The zero-order valence-corrected chi connectivity index (χ0v) is 11.4. The first-order chi connectivity index (χ1) is 7.09. The summed E-state index contributed by atoms with van der Waals surface area (Å²) in [5.41, 5.74) is 7.69. The Morgan fingerprint density at radius 2 is 2.12 bits per heavy atom. The van der Waals surface area contributed by atoms with Gasteiger partial charge in [-0.25, -0.2) is 4.98 Å². The fourth-order valence-corrected chi connectivity index (χ4v) is 1.36. The van der Waals surface area contributed by atoms with Crippen LogP contribution in [0.3, 0.4) is 0 Å². The van der Waals surface area contributed by atoms with Crippen molar-refractivity contribution in [3.63, 3.8) is 0 Å². The van der Waals surface area contributed by atoms with E-state index in [9.17, 15) is 9.59 Å². The van der Waals surface area contributed by atoms with Gasteiger partial charge in [0.15, 0.2) is 0 Å². The average molecular weight is 291 g/mol. The van der Waals surface area contributed by atoms with E-state index in [0.717, 1.165) is 0 Å². The third kappa shape index (κ3) is 2.20. The predicted octanol–water partition coefficient (Wildman–Crippen LogP) is 1.42. The average Bonchev–Trinajstić information content (AvgIpc) is 2.19. The molecule has 16 heavy (non-hydrogen) atoms. The normalized spacial score (nSPS) is 9.81. The molecule has 0 aliphatic heterocycles. The summed E-state index contributed by atoms with van der Waals surface area (Å²) >= 11 is 0. The van der Waals surface area contributed by atoms with Crippen molar-refractivity contribution in [2.75, 3.05) is 0 Å². The molecule has 2 N–H and O–H groups in total. The van der Waals surface area contributed by atoms with Gasteiger partial charge >= 0.3 is 0 Å². The molecule has 0 saturated carbocycles. The Hall–Kier alpha value is -1.07. The molecular weight excluding hydrogens is 283 g/mol. The molecule has 0 atom stereocenters. The molecule has 0 aliphatic carbocycles. The molecule has 2 aromatic rings. The van der Waals surface area contributed by atoms with Crippen molar-refractivity contribution >= 4 is 16.9 Å². The Bertz CT molecular complexity index is 607. The number of H-pyrrole nitrogens is 1. The molecule has 6 heteroatoms. The molecule has 2 rings (SSSR count). The van der Waals surface area contributed by atoms with E-state index in [-0.39, 0.29) is 43.8 Å². The number of nitrogens with one attached hydrogen (secondary N) is 2. The second-order valence-electron chi connectivity index (χ2n) is 3.21. The molecule has 0 fully saturated rings. The standard InChI is InChI=1S/C10H9N3O2.Y/c1-5-2-3-7-8(13-5)9(14)6(4-12-7)10(11)15;/h2-4H,1H3,(H3,11,12,14,15);/p-1. The van der Waals surface area contributed by atoms with E-state index in [1.807, 2.05) is 0 Å². The summed E-state index contributed by atoms with van der Waals surface area (Å²) in [5, 5.41) is 0. The molecule has 5 nitrogen and oxygen atoms in total. The molecule has 0 saturated heterocycles. The summed E-state index contributed by atoms with van der Waals surface area (Å²) < 4.78 is 0. The molecule has 79 valence electrons. The van der Waals surface area contributed by atoms with Gasteiger partial charge in [-0.05, 0) is 19.1 Å². The van der Waals surface area contributed by atoms with Crippen molar-refractivity contribution in [1.82, 2.24) is 9.97 Å². The van der Waals surface area contributed by atoms with Gasteiger partial charge in [0.1, 0.15) is 5.52 Å². The predicted molar refractivity (Wildman–Crippen MR) is 55.8 cm³/mol. The second-order valence-corrected chi connectivity index (χ2v) is 3.21. The Morgan fingerprint density at radius 1 is 1.44 bits per heavy atom. The van der Waals surface area contributed by atoms with Crippen LogP contribution in [0.2, 0.25) is 0 Å². The maximum Gasteiger partial charge on any atom is 0.216 e. The first-order valence-electron chi connectivity index (χ1n) is 4.34. The fraction of sp³-hybridized carbons (Fsp3) is 0.100. The minimum atomic E-state index is -0.999. The first-order valence-corrected chi connectivity index (χ1v) is 4.34. The van der Waals surface area contributed by atoms with Crippen molar-refractivity contribution in [2.24, 2.45) is 0 Å². The number of aromatic nitrogens is 2. The summed E-state index contributed by atoms with van der Waals surface area (Å²) in [5.74, 6) is -0.999. The van der Waals surface area contributed by atoms with Gasteiger partial charge in [-0.1, -0.05) is 0 Å². The van der Waals surface area contributed by atoms with E-state index >= 15 is 0 Å². The first kappa shape index (κ1) is 13.0. The van der Waals surface area contributed by atoms with Gasteiger partial charge in [0, 0.05) is 44.6 Å². The van der Waals surface area contributed by atoms with Crippen molar-refractivity contribution in [2.45, 2.75) is 6.92 Å². The Balaban J connectivity index is 0.00000128. The summed E-state index contributed by atoms with van der Waals surface area (Å²) in [4.78, 5) is 29.3. The summed E-state index contributed by atoms with van der Waals surface area (Å²) in [7, 11) is 0. The number of carbonyl (C=O) groups excluding carboxylic acids is 1. The molecule has 1 amide bonds. The van der Waals surface area contributed by atoms with E-state index in [4.69, 9.17) is 5.73 Å². The minimum absolute atomic E-state index is 0. The number of carbonyl (C=O) groups is 1. The van der Waals surface area contributed by atoms with Crippen molar-refractivity contribution in [3.8, 4) is 0 Å². The number of amides is 1. The molecule has 0 aromatic carbocycles. The number of aryl methyl sites for hydroxylation is 1. The zero-order valence-electron chi connectivity index (χ0n) is 8.57. The second kappa shape index (κ2) is 4.85. The van der Waals surface area contributed by atoms with Crippen LogP contribution in [0, 0.1) is 6.92 Å². The number of rotatable bonds is 1. The van der Waals surface area contributed by atoms with Crippen molar-refractivity contribution in [3.05, 3.63) is 45.5 Å². The van der Waals surface area contributed by atoms with Gasteiger partial charge in [-0.3, -0.25) is 4.79 Å². The molecule has 0 aliphatic rings. The van der Waals surface area contributed by atoms with Crippen LogP contribution in [0.4, 0.5) is 0 Å². The molecule has 0 spiro atoms. The fourth-order valence-electron chi connectivity index (χ4n) is 1.36. The van der Waals surface area contributed by atoms with Crippen LogP contribution in [-0.2, 0) is 32.7 Å². The van der Waals surface area contributed by atoms with Crippen LogP contribution in [0.15, 0.2) is 23.1 Å².